The molecule has 3 N–H and O–H groups in total. The highest BCUT2D eigenvalue weighted by Gasteiger charge is 2.18. The van der Waals surface area contributed by atoms with Gasteiger partial charge in [-0.25, -0.2) is 8.42 Å². The Morgan fingerprint density at radius 3 is 2.67 bits per heavy atom. The Balaban J connectivity index is 2.50. The van der Waals surface area contributed by atoms with Crippen molar-refractivity contribution < 1.29 is 13.2 Å². The number of sulfone groups is 1. The standard InChI is InChI=1S/C15H24N2O3S/c1-4-12(3)21(19,20)9-5-6-15(18)17-14-10-13(16)8-7-11(14)2/h7-8,10,12H,4-6,9,16H2,1-3H3,(H,17,18). The maximum absolute atomic E-state index is 11.9. The second-order valence-corrected chi connectivity index (χ2v) is 7.85. The first kappa shape index (κ1) is 17.5. The molecule has 0 aliphatic rings. The van der Waals surface area contributed by atoms with Gasteiger partial charge in [-0.2, -0.15) is 0 Å². The van der Waals surface area contributed by atoms with Crippen LogP contribution in [0.1, 0.15) is 38.7 Å². The lowest BCUT2D eigenvalue weighted by atomic mass is 10.1. The normalized spacial score (nSPS) is 12.9. The average molecular weight is 312 g/mol. The summed E-state index contributed by atoms with van der Waals surface area (Å²) in [5.41, 5.74) is 7.85. The number of carbonyl (C=O) groups excluding carboxylic acids is 1. The van der Waals surface area contributed by atoms with E-state index in [1.807, 2.05) is 19.9 Å². The molecule has 0 spiro atoms. The fourth-order valence-electron chi connectivity index (χ4n) is 1.88. The number of nitrogens with one attached hydrogen (secondary N) is 1. The molecule has 1 amide bonds. The number of benzene rings is 1. The highest BCUT2D eigenvalue weighted by molar-refractivity contribution is 7.91. The molecule has 0 fully saturated rings. The summed E-state index contributed by atoms with van der Waals surface area (Å²) in [4.78, 5) is 11.9. The first-order chi connectivity index (χ1) is 9.76. The largest absolute Gasteiger partial charge is 0.399 e. The minimum atomic E-state index is -3.09. The van der Waals surface area contributed by atoms with Crippen LogP contribution in [0.25, 0.3) is 0 Å². The van der Waals surface area contributed by atoms with Crippen LogP contribution in [0.3, 0.4) is 0 Å². The highest BCUT2D eigenvalue weighted by atomic mass is 32.2. The van der Waals surface area contributed by atoms with E-state index in [2.05, 4.69) is 5.32 Å². The maximum atomic E-state index is 11.9. The zero-order chi connectivity index (χ0) is 16.0. The Morgan fingerprint density at radius 1 is 1.38 bits per heavy atom. The summed E-state index contributed by atoms with van der Waals surface area (Å²) in [6.45, 7) is 5.42. The van der Waals surface area contributed by atoms with Crippen LogP contribution in [0.4, 0.5) is 11.4 Å². The summed E-state index contributed by atoms with van der Waals surface area (Å²) in [5.74, 6) is -0.145. The lowest BCUT2D eigenvalue weighted by Gasteiger charge is -2.11. The molecule has 0 aliphatic heterocycles. The maximum Gasteiger partial charge on any atom is 0.224 e. The topological polar surface area (TPSA) is 89.3 Å². The smallest absolute Gasteiger partial charge is 0.224 e. The van der Waals surface area contributed by atoms with Gasteiger partial charge in [0.1, 0.15) is 0 Å². The van der Waals surface area contributed by atoms with Crippen molar-refractivity contribution in [2.24, 2.45) is 0 Å². The molecule has 6 heteroatoms. The van der Waals surface area contributed by atoms with Crippen LogP contribution < -0.4 is 11.1 Å². The molecule has 0 heterocycles. The van der Waals surface area contributed by atoms with E-state index in [4.69, 9.17) is 5.73 Å². The molecular formula is C15H24N2O3S. The van der Waals surface area contributed by atoms with E-state index in [1.165, 1.54) is 0 Å². The van der Waals surface area contributed by atoms with E-state index in [9.17, 15) is 13.2 Å². The molecule has 1 aromatic carbocycles. The van der Waals surface area contributed by atoms with E-state index >= 15 is 0 Å². The molecule has 1 aromatic rings. The Labute approximate surface area is 126 Å². The van der Waals surface area contributed by atoms with Gasteiger partial charge in [0, 0.05) is 17.8 Å². The highest BCUT2D eigenvalue weighted by Crippen LogP contribution is 2.18. The minimum absolute atomic E-state index is 0.0470. The summed E-state index contributed by atoms with van der Waals surface area (Å²) in [5, 5.41) is 2.42. The van der Waals surface area contributed by atoms with Gasteiger partial charge in [-0.3, -0.25) is 4.79 Å². The van der Waals surface area contributed by atoms with Gasteiger partial charge in [0.25, 0.3) is 0 Å². The molecule has 1 atom stereocenters. The molecule has 118 valence electrons. The van der Waals surface area contributed by atoms with Crippen LogP contribution in [0.5, 0.6) is 0 Å². The molecule has 0 saturated heterocycles. The molecule has 0 saturated carbocycles. The fraction of sp³-hybridized carbons (Fsp3) is 0.533. The number of anilines is 2. The Hall–Kier alpha value is -1.56. The van der Waals surface area contributed by atoms with Crippen LogP contribution in [0.2, 0.25) is 0 Å². The molecule has 0 radical (unpaired) electrons. The van der Waals surface area contributed by atoms with Gasteiger partial charge < -0.3 is 11.1 Å². The van der Waals surface area contributed by atoms with Gasteiger partial charge in [0.2, 0.25) is 5.91 Å². The Morgan fingerprint density at radius 2 is 2.05 bits per heavy atom. The van der Waals surface area contributed by atoms with Gasteiger partial charge in [-0.15, -0.1) is 0 Å². The number of aryl methyl sites for hydroxylation is 1. The van der Waals surface area contributed by atoms with Crippen molar-refractivity contribution >= 4 is 27.1 Å². The van der Waals surface area contributed by atoms with E-state index < -0.39 is 9.84 Å². The third-order valence-corrected chi connectivity index (χ3v) is 5.97. The quantitative estimate of drug-likeness (QED) is 0.757. The molecule has 0 bridgehead atoms. The fourth-order valence-corrected chi connectivity index (χ4v) is 3.33. The summed E-state index contributed by atoms with van der Waals surface area (Å²) < 4.78 is 23.7. The third kappa shape index (κ3) is 5.38. The van der Waals surface area contributed by atoms with E-state index in [0.29, 0.717) is 24.2 Å². The molecule has 0 aromatic heterocycles. The SMILES string of the molecule is CCC(C)S(=O)(=O)CCCC(=O)Nc1cc(N)ccc1C. The summed E-state index contributed by atoms with van der Waals surface area (Å²) >= 11 is 0. The average Bonchev–Trinajstić information content (AvgIpc) is 2.41. The number of hydrogen-bond acceptors (Lipinski definition) is 4. The van der Waals surface area contributed by atoms with Crippen molar-refractivity contribution in [1.82, 2.24) is 0 Å². The van der Waals surface area contributed by atoms with Crippen LogP contribution >= 0.6 is 0 Å². The summed E-state index contributed by atoms with van der Waals surface area (Å²) in [6.07, 6.45) is 1.11. The molecule has 1 unspecified atom stereocenters. The van der Waals surface area contributed by atoms with Crippen molar-refractivity contribution in [1.29, 1.82) is 0 Å². The first-order valence-corrected chi connectivity index (χ1v) is 8.85. The van der Waals surface area contributed by atoms with Gasteiger partial charge in [0.05, 0.1) is 11.0 Å². The number of rotatable bonds is 7. The van der Waals surface area contributed by atoms with Crippen molar-refractivity contribution in [2.75, 3.05) is 16.8 Å². The molecule has 1 rings (SSSR count). The molecular weight excluding hydrogens is 288 g/mol. The van der Waals surface area contributed by atoms with Gasteiger partial charge >= 0.3 is 0 Å². The first-order valence-electron chi connectivity index (χ1n) is 7.13. The molecule has 21 heavy (non-hydrogen) atoms. The second kappa shape index (κ2) is 7.45. The number of nitrogen functional groups attached to an aromatic ring is 1. The molecule has 5 nitrogen and oxygen atoms in total. The summed E-state index contributed by atoms with van der Waals surface area (Å²) in [6, 6.07) is 5.30. The lowest BCUT2D eigenvalue weighted by Crippen LogP contribution is -2.21. The number of amides is 1. The van der Waals surface area contributed by atoms with Gasteiger partial charge in [-0.1, -0.05) is 13.0 Å². The second-order valence-electron chi connectivity index (χ2n) is 5.31. The predicted molar refractivity (Wildman–Crippen MR) is 87.0 cm³/mol. The van der Waals surface area contributed by atoms with Crippen molar-refractivity contribution in [3.63, 3.8) is 0 Å². The number of hydrogen-bond donors (Lipinski definition) is 2. The monoisotopic (exact) mass is 312 g/mol. The van der Waals surface area contributed by atoms with E-state index in [0.717, 1.165) is 5.56 Å². The predicted octanol–water partition coefficient (Wildman–Crippen LogP) is 2.51. The van der Waals surface area contributed by atoms with Crippen LogP contribution in [0.15, 0.2) is 18.2 Å². The van der Waals surface area contributed by atoms with Crippen LogP contribution in [-0.2, 0) is 14.6 Å². The third-order valence-electron chi connectivity index (χ3n) is 3.56. The van der Waals surface area contributed by atoms with E-state index in [-0.39, 0.29) is 23.3 Å². The minimum Gasteiger partial charge on any atom is -0.399 e. The van der Waals surface area contributed by atoms with Crippen LogP contribution in [-0.4, -0.2) is 25.3 Å². The Kier molecular flexibility index (Phi) is 6.20. The van der Waals surface area contributed by atoms with Crippen molar-refractivity contribution in [3.8, 4) is 0 Å². The van der Waals surface area contributed by atoms with Crippen LogP contribution in [0, 0.1) is 6.92 Å². The van der Waals surface area contributed by atoms with Crippen molar-refractivity contribution in [2.45, 2.75) is 45.3 Å². The summed E-state index contributed by atoms with van der Waals surface area (Å²) in [7, 11) is -3.09. The van der Waals surface area contributed by atoms with Gasteiger partial charge in [0.15, 0.2) is 9.84 Å². The lowest BCUT2D eigenvalue weighted by molar-refractivity contribution is -0.116. The zero-order valence-corrected chi connectivity index (χ0v) is 13.7. The zero-order valence-electron chi connectivity index (χ0n) is 12.8. The van der Waals surface area contributed by atoms with Gasteiger partial charge in [-0.05, 0) is 44.4 Å². The number of nitrogens with two attached hydrogens (primary N) is 1. The van der Waals surface area contributed by atoms with Crippen molar-refractivity contribution in [3.05, 3.63) is 23.8 Å². The number of carbonyl (C=O) groups is 1. The Bertz CT molecular complexity index is 597. The molecule has 0 aliphatic carbocycles. The van der Waals surface area contributed by atoms with E-state index in [1.54, 1.807) is 19.1 Å².